The topological polar surface area (TPSA) is 54.3 Å². The minimum atomic E-state index is -0.205. The van der Waals surface area contributed by atoms with Crippen LogP contribution >= 0.6 is 0 Å². The number of amides is 1. The summed E-state index contributed by atoms with van der Waals surface area (Å²) in [6.45, 7) is 0. The maximum absolute atomic E-state index is 12.9. The van der Waals surface area contributed by atoms with Gasteiger partial charge in [0.25, 0.3) is 5.91 Å². The first-order chi connectivity index (χ1) is 12.6. The monoisotopic (exact) mass is 351 g/mol. The third kappa shape index (κ3) is 2.57. The molecule has 5 heteroatoms. The maximum atomic E-state index is 12.9. The molecule has 2 atom stereocenters. The van der Waals surface area contributed by atoms with Gasteiger partial charge in [-0.25, -0.2) is 0 Å². The molecule has 1 aromatic heterocycles. The molecule has 2 unspecified atom stereocenters. The Morgan fingerprint density at radius 1 is 1.04 bits per heavy atom. The molecule has 1 aromatic carbocycles. The zero-order valence-corrected chi connectivity index (χ0v) is 15.1. The van der Waals surface area contributed by atoms with Crippen molar-refractivity contribution in [2.24, 2.45) is 0 Å². The number of carbonyl (C=O) groups excluding carboxylic acids is 1. The number of benzene rings is 1. The van der Waals surface area contributed by atoms with E-state index in [0.717, 1.165) is 31.2 Å². The van der Waals surface area contributed by atoms with Gasteiger partial charge in [-0.1, -0.05) is 12.1 Å². The van der Waals surface area contributed by atoms with Crippen molar-refractivity contribution in [1.29, 1.82) is 0 Å². The van der Waals surface area contributed by atoms with Crippen LogP contribution < -0.4 is 10.7 Å². The van der Waals surface area contributed by atoms with E-state index in [0.29, 0.717) is 29.1 Å². The molecule has 1 saturated carbocycles. The largest absolute Gasteiger partial charge is 0.349 e. The molecule has 26 heavy (non-hydrogen) atoms. The molecular weight excluding hydrogens is 326 g/mol. The van der Waals surface area contributed by atoms with Crippen LogP contribution in [0.2, 0.25) is 0 Å². The molecule has 0 spiro atoms. The molecule has 2 aromatic rings. The van der Waals surface area contributed by atoms with Crippen molar-refractivity contribution in [1.82, 2.24) is 14.8 Å². The second-order valence-electron chi connectivity index (χ2n) is 8.22. The molecule has 3 aliphatic rings. The molecule has 3 fully saturated rings. The Labute approximate surface area is 153 Å². The number of piperidine rings is 1. The zero-order valence-electron chi connectivity index (χ0n) is 15.1. The maximum Gasteiger partial charge on any atom is 0.256 e. The first-order valence-corrected chi connectivity index (χ1v) is 9.78. The van der Waals surface area contributed by atoms with E-state index < -0.39 is 0 Å². The second kappa shape index (κ2) is 5.95. The summed E-state index contributed by atoms with van der Waals surface area (Å²) in [6, 6.07) is 9.38. The molecule has 5 nitrogen and oxygen atoms in total. The van der Waals surface area contributed by atoms with Crippen molar-refractivity contribution in [2.45, 2.75) is 62.7 Å². The summed E-state index contributed by atoms with van der Waals surface area (Å²) in [5.41, 5.74) is 1.08. The molecule has 2 bridgehead atoms. The first-order valence-electron chi connectivity index (χ1n) is 9.78. The summed E-state index contributed by atoms with van der Waals surface area (Å²) < 4.78 is 2.13. The normalized spacial score (nSPS) is 28.4. The highest BCUT2D eigenvalue weighted by molar-refractivity contribution is 5.97. The third-order valence-corrected chi connectivity index (χ3v) is 6.56. The molecule has 1 N–H and O–H groups in total. The fourth-order valence-electron chi connectivity index (χ4n) is 4.91. The van der Waals surface area contributed by atoms with E-state index in [1.165, 1.54) is 12.8 Å². The van der Waals surface area contributed by atoms with Gasteiger partial charge in [0.1, 0.15) is 5.56 Å². The van der Waals surface area contributed by atoms with Crippen LogP contribution in [0, 0.1) is 0 Å². The Balaban J connectivity index is 1.46. The Morgan fingerprint density at radius 3 is 2.38 bits per heavy atom. The van der Waals surface area contributed by atoms with Gasteiger partial charge in [-0.3, -0.25) is 9.59 Å². The van der Waals surface area contributed by atoms with Gasteiger partial charge in [-0.05, 0) is 57.7 Å². The zero-order chi connectivity index (χ0) is 17.8. The average molecular weight is 351 g/mol. The summed E-state index contributed by atoms with van der Waals surface area (Å²) in [7, 11) is 2.19. The van der Waals surface area contributed by atoms with Gasteiger partial charge in [-0.2, -0.15) is 0 Å². The molecule has 1 aliphatic carbocycles. The minimum Gasteiger partial charge on any atom is -0.349 e. The summed E-state index contributed by atoms with van der Waals surface area (Å²) in [6.07, 6.45) is 8.45. The van der Waals surface area contributed by atoms with E-state index in [1.807, 2.05) is 24.3 Å². The average Bonchev–Trinajstić information content (AvgIpc) is 3.45. The summed E-state index contributed by atoms with van der Waals surface area (Å²) in [5.74, 6) is -0.205. The lowest BCUT2D eigenvalue weighted by molar-refractivity contribution is 0.0881. The van der Waals surface area contributed by atoms with E-state index >= 15 is 0 Å². The quantitative estimate of drug-likeness (QED) is 0.925. The van der Waals surface area contributed by atoms with E-state index in [-0.39, 0.29) is 17.4 Å². The van der Waals surface area contributed by atoms with E-state index in [1.54, 1.807) is 6.20 Å². The first kappa shape index (κ1) is 16.1. The minimum absolute atomic E-state index is 0.147. The van der Waals surface area contributed by atoms with E-state index in [4.69, 9.17) is 0 Å². The van der Waals surface area contributed by atoms with Crippen LogP contribution in [0.3, 0.4) is 0 Å². The highest BCUT2D eigenvalue weighted by atomic mass is 16.2. The number of pyridine rings is 1. The van der Waals surface area contributed by atoms with Crippen molar-refractivity contribution in [3.05, 3.63) is 46.2 Å². The van der Waals surface area contributed by atoms with Crippen LogP contribution in [-0.2, 0) is 0 Å². The summed E-state index contributed by atoms with van der Waals surface area (Å²) >= 11 is 0. The van der Waals surface area contributed by atoms with Crippen LogP contribution in [0.15, 0.2) is 35.3 Å². The molecule has 5 rings (SSSR count). The molecule has 3 heterocycles. The van der Waals surface area contributed by atoms with Crippen LogP contribution in [0.5, 0.6) is 0 Å². The number of hydrogen-bond acceptors (Lipinski definition) is 3. The van der Waals surface area contributed by atoms with Gasteiger partial charge in [0.05, 0.1) is 5.52 Å². The Hall–Kier alpha value is -2.14. The number of para-hydroxylation sites is 1. The third-order valence-electron chi connectivity index (χ3n) is 6.56. The predicted molar refractivity (Wildman–Crippen MR) is 102 cm³/mol. The SMILES string of the molecule is CN1C2CCC1CC(NC(=O)c1cn(C3CC3)c3ccccc3c1=O)C2. The Kier molecular flexibility index (Phi) is 3.67. The molecule has 2 saturated heterocycles. The summed E-state index contributed by atoms with van der Waals surface area (Å²) in [4.78, 5) is 28.3. The number of carbonyl (C=O) groups is 1. The van der Waals surface area contributed by atoms with Gasteiger partial charge in [0.15, 0.2) is 0 Å². The van der Waals surface area contributed by atoms with Crippen LogP contribution in [0.4, 0.5) is 0 Å². The lowest BCUT2D eigenvalue weighted by Crippen LogP contribution is -2.49. The summed E-state index contributed by atoms with van der Waals surface area (Å²) in [5, 5.41) is 3.82. The van der Waals surface area contributed by atoms with Gasteiger partial charge >= 0.3 is 0 Å². The van der Waals surface area contributed by atoms with Gasteiger partial charge in [0, 0.05) is 35.8 Å². The Morgan fingerprint density at radius 2 is 1.69 bits per heavy atom. The van der Waals surface area contributed by atoms with Crippen LogP contribution in [0.1, 0.15) is 54.9 Å². The highest BCUT2D eigenvalue weighted by Crippen LogP contribution is 2.37. The van der Waals surface area contributed by atoms with Gasteiger partial charge in [0.2, 0.25) is 5.43 Å². The smallest absolute Gasteiger partial charge is 0.256 e. The number of nitrogens with zero attached hydrogens (tertiary/aromatic N) is 2. The second-order valence-corrected chi connectivity index (χ2v) is 8.22. The van der Waals surface area contributed by atoms with Crippen molar-refractivity contribution < 1.29 is 4.79 Å². The van der Waals surface area contributed by atoms with E-state index in [9.17, 15) is 9.59 Å². The molecule has 136 valence electrons. The highest BCUT2D eigenvalue weighted by Gasteiger charge is 2.39. The van der Waals surface area contributed by atoms with Crippen molar-refractivity contribution in [3.63, 3.8) is 0 Å². The number of nitrogens with one attached hydrogen (secondary N) is 1. The number of fused-ring (bicyclic) bond motifs is 3. The fourth-order valence-corrected chi connectivity index (χ4v) is 4.91. The molecule has 2 aliphatic heterocycles. The lowest BCUT2D eigenvalue weighted by atomic mass is 9.97. The van der Waals surface area contributed by atoms with Crippen LogP contribution in [-0.4, -0.2) is 40.5 Å². The fraction of sp³-hybridized carbons (Fsp3) is 0.524. The predicted octanol–water partition coefficient (Wildman–Crippen LogP) is 2.69. The molecule has 1 amide bonds. The van der Waals surface area contributed by atoms with Crippen molar-refractivity contribution in [2.75, 3.05) is 7.05 Å². The number of hydrogen-bond donors (Lipinski definition) is 1. The van der Waals surface area contributed by atoms with E-state index in [2.05, 4.69) is 21.8 Å². The van der Waals surface area contributed by atoms with Gasteiger partial charge in [-0.15, -0.1) is 0 Å². The van der Waals surface area contributed by atoms with Crippen molar-refractivity contribution >= 4 is 16.8 Å². The number of rotatable bonds is 3. The van der Waals surface area contributed by atoms with Gasteiger partial charge < -0.3 is 14.8 Å². The van der Waals surface area contributed by atoms with Crippen molar-refractivity contribution in [3.8, 4) is 0 Å². The molecular formula is C21H25N3O2. The number of aromatic nitrogens is 1. The van der Waals surface area contributed by atoms with Crippen LogP contribution in [0.25, 0.3) is 10.9 Å². The lowest BCUT2D eigenvalue weighted by Gasteiger charge is -2.36. The molecule has 0 radical (unpaired) electrons. The Bertz CT molecular complexity index is 916. The standard InChI is InChI=1S/C21H25N3O2/c1-23-15-8-9-16(23)11-13(10-15)22-21(26)18-12-24(14-6-7-14)19-5-3-2-4-17(19)20(18)25/h2-5,12-16H,6-11H2,1H3,(H,22,26).